The number of rotatable bonds is 5. The molecule has 0 aliphatic rings. The second-order valence-electron chi connectivity index (χ2n) is 3.10. The van der Waals surface area contributed by atoms with Gasteiger partial charge in [0.1, 0.15) is 0 Å². The third-order valence-electron chi connectivity index (χ3n) is 1.94. The summed E-state index contributed by atoms with van der Waals surface area (Å²) in [6.45, 7) is 2.16. The topological polar surface area (TPSA) is 32.6 Å². The molecule has 0 atom stereocenters. The first-order valence-electron chi connectivity index (χ1n) is 4.88. The van der Waals surface area contributed by atoms with E-state index in [0.717, 1.165) is 22.6 Å². The van der Waals surface area contributed by atoms with Gasteiger partial charge in [0.05, 0.1) is 11.2 Å². The van der Waals surface area contributed by atoms with Crippen LogP contribution >= 0.6 is 23.4 Å². The molecule has 1 rings (SSSR count). The number of oxime groups is 1. The minimum Gasteiger partial charge on any atom is -0.411 e. The molecule has 4 heteroatoms. The molecule has 0 heterocycles. The van der Waals surface area contributed by atoms with Gasteiger partial charge < -0.3 is 5.21 Å². The monoisotopic (exact) mass is 243 g/mol. The number of thioether (sulfide) groups is 1. The highest BCUT2D eigenvalue weighted by Gasteiger charge is 2.05. The van der Waals surface area contributed by atoms with Crippen LogP contribution in [0.25, 0.3) is 0 Å². The van der Waals surface area contributed by atoms with Crippen molar-refractivity contribution in [3.63, 3.8) is 0 Å². The van der Waals surface area contributed by atoms with Gasteiger partial charge in [-0.25, -0.2) is 0 Å². The minimum absolute atomic E-state index is 0.716. The van der Waals surface area contributed by atoms with Gasteiger partial charge in [-0.15, -0.1) is 11.8 Å². The molecule has 0 amide bonds. The lowest BCUT2D eigenvalue weighted by Gasteiger charge is -2.06. The Morgan fingerprint density at radius 3 is 3.00 bits per heavy atom. The Labute approximate surface area is 99.3 Å². The molecule has 0 saturated carbocycles. The number of unbranched alkanes of at least 4 members (excludes halogenated alkanes) is 1. The van der Waals surface area contributed by atoms with Crippen molar-refractivity contribution in [2.45, 2.75) is 24.7 Å². The minimum atomic E-state index is 0.716. The Morgan fingerprint density at radius 2 is 2.33 bits per heavy atom. The van der Waals surface area contributed by atoms with Gasteiger partial charge in [-0.3, -0.25) is 0 Å². The van der Waals surface area contributed by atoms with Gasteiger partial charge >= 0.3 is 0 Å². The van der Waals surface area contributed by atoms with Crippen molar-refractivity contribution in [1.29, 1.82) is 0 Å². The maximum atomic E-state index is 8.52. The standard InChI is InChI=1S/C11H14ClNOS/c1-2-3-7-15-11-9(8-13-14)5-4-6-10(11)12/h4-6,8,14H,2-3,7H2,1H3. The summed E-state index contributed by atoms with van der Waals surface area (Å²) in [6.07, 6.45) is 3.74. The van der Waals surface area contributed by atoms with Crippen LogP contribution in [0.15, 0.2) is 28.3 Å². The van der Waals surface area contributed by atoms with Crippen molar-refractivity contribution in [3.05, 3.63) is 28.8 Å². The summed E-state index contributed by atoms with van der Waals surface area (Å²) >= 11 is 7.78. The summed E-state index contributed by atoms with van der Waals surface area (Å²) in [6, 6.07) is 5.59. The van der Waals surface area contributed by atoms with Crippen LogP contribution < -0.4 is 0 Å². The maximum absolute atomic E-state index is 8.52. The highest BCUT2D eigenvalue weighted by atomic mass is 35.5. The van der Waals surface area contributed by atoms with E-state index in [1.165, 1.54) is 12.6 Å². The van der Waals surface area contributed by atoms with Gasteiger partial charge in [0, 0.05) is 10.5 Å². The summed E-state index contributed by atoms with van der Waals surface area (Å²) in [5.41, 5.74) is 0.867. The quantitative estimate of drug-likeness (QED) is 0.278. The van der Waals surface area contributed by atoms with Crippen LogP contribution in [0.5, 0.6) is 0 Å². The molecule has 0 aliphatic carbocycles. The van der Waals surface area contributed by atoms with Gasteiger partial charge in [-0.05, 0) is 18.2 Å². The van der Waals surface area contributed by atoms with Crippen LogP contribution in [0.4, 0.5) is 0 Å². The fourth-order valence-corrected chi connectivity index (χ4v) is 2.64. The van der Waals surface area contributed by atoms with Gasteiger partial charge in [0.2, 0.25) is 0 Å². The lowest BCUT2D eigenvalue weighted by molar-refractivity contribution is 0.322. The summed E-state index contributed by atoms with van der Waals surface area (Å²) in [5.74, 6) is 1.03. The first-order valence-corrected chi connectivity index (χ1v) is 6.24. The Morgan fingerprint density at radius 1 is 1.53 bits per heavy atom. The molecule has 0 bridgehead atoms. The van der Waals surface area contributed by atoms with E-state index in [2.05, 4.69) is 12.1 Å². The lowest BCUT2D eigenvalue weighted by atomic mass is 10.2. The maximum Gasteiger partial charge on any atom is 0.0745 e. The number of benzene rings is 1. The average Bonchev–Trinajstić information content (AvgIpc) is 2.23. The SMILES string of the molecule is CCCCSc1c(Cl)cccc1C=NO. The van der Waals surface area contributed by atoms with Crippen LogP contribution in [0, 0.1) is 0 Å². The normalized spacial score (nSPS) is 11.1. The van der Waals surface area contributed by atoms with Crippen molar-refractivity contribution < 1.29 is 5.21 Å². The van der Waals surface area contributed by atoms with E-state index in [1.54, 1.807) is 11.8 Å². The smallest absolute Gasteiger partial charge is 0.0745 e. The Balaban J connectivity index is 2.82. The lowest BCUT2D eigenvalue weighted by Crippen LogP contribution is -1.88. The van der Waals surface area contributed by atoms with Crippen LogP contribution in [0.1, 0.15) is 25.3 Å². The fraction of sp³-hybridized carbons (Fsp3) is 0.364. The van der Waals surface area contributed by atoms with E-state index in [4.69, 9.17) is 16.8 Å². The van der Waals surface area contributed by atoms with E-state index in [9.17, 15) is 0 Å². The summed E-state index contributed by atoms with van der Waals surface area (Å²) in [7, 11) is 0. The molecule has 2 nitrogen and oxygen atoms in total. The van der Waals surface area contributed by atoms with Gasteiger partial charge in [0.15, 0.2) is 0 Å². The zero-order valence-electron chi connectivity index (χ0n) is 8.61. The number of hydrogen-bond donors (Lipinski definition) is 1. The molecule has 0 unspecified atom stereocenters. The second kappa shape index (κ2) is 6.75. The van der Waals surface area contributed by atoms with Crippen LogP contribution in [0.3, 0.4) is 0 Å². The second-order valence-corrected chi connectivity index (χ2v) is 4.62. The van der Waals surface area contributed by atoms with Crippen LogP contribution in [-0.4, -0.2) is 17.2 Å². The molecule has 0 aromatic heterocycles. The van der Waals surface area contributed by atoms with E-state index < -0.39 is 0 Å². The first-order chi connectivity index (χ1) is 7.29. The molecule has 1 N–H and O–H groups in total. The molecule has 0 spiro atoms. The summed E-state index contributed by atoms with van der Waals surface area (Å²) in [4.78, 5) is 0.991. The molecule has 0 fully saturated rings. The highest BCUT2D eigenvalue weighted by Crippen LogP contribution is 2.30. The van der Waals surface area contributed by atoms with Crippen LogP contribution in [-0.2, 0) is 0 Å². The van der Waals surface area contributed by atoms with Crippen molar-refractivity contribution in [2.24, 2.45) is 5.16 Å². The van der Waals surface area contributed by atoms with Crippen LogP contribution in [0.2, 0.25) is 5.02 Å². The molecular weight excluding hydrogens is 230 g/mol. The summed E-state index contributed by atoms with van der Waals surface area (Å²) < 4.78 is 0. The fourth-order valence-electron chi connectivity index (χ4n) is 1.16. The van der Waals surface area contributed by atoms with E-state index in [0.29, 0.717) is 5.02 Å². The third kappa shape index (κ3) is 3.76. The Hall–Kier alpha value is -0.670. The van der Waals surface area contributed by atoms with E-state index >= 15 is 0 Å². The average molecular weight is 244 g/mol. The first kappa shape index (κ1) is 12.4. The molecule has 1 aromatic rings. The molecule has 82 valence electrons. The van der Waals surface area contributed by atoms with Crippen molar-refractivity contribution in [1.82, 2.24) is 0 Å². The van der Waals surface area contributed by atoms with Crippen molar-refractivity contribution in [2.75, 3.05) is 5.75 Å². The molecule has 1 aromatic carbocycles. The largest absolute Gasteiger partial charge is 0.411 e. The van der Waals surface area contributed by atoms with Crippen molar-refractivity contribution in [3.8, 4) is 0 Å². The molecule has 0 radical (unpaired) electrons. The number of hydrogen-bond acceptors (Lipinski definition) is 3. The zero-order valence-corrected chi connectivity index (χ0v) is 10.2. The van der Waals surface area contributed by atoms with E-state index in [-0.39, 0.29) is 0 Å². The Kier molecular flexibility index (Phi) is 5.58. The highest BCUT2D eigenvalue weighted by molar-refractivity contribution is 7.99. The third-order valence-corrected chi connectivity index (χ3v) is 3.60. The van der Waals surface area contributed by atoms with Gasteiger partial charge in [-0.2, -0.15) is 0 Å². The van der Waals surface area contributed by atoms with Crippen molar-refractivity contribution >= 4 is 29.6 Å². The van der Waals surface area contributed by atoms with Gasteiger partial charge in [-0.1, -0.05) is 42.2 Å². The van der Waals surface area contributed by atoms with E-state index in [1.807, 2.05) is 18.2 Å². The number of halogens is 1. The molecule has 0 aliphatic heterocycles. The Bertz CT molecular complexity index is 341. The number of nitrogens with zero attached hydrogens (tertiary/aromatic N) is 1. The molecular formula is C11H14ClNOS. The predicted octanol–water partition coefficient (Wildman–Crippen LogP) is 4.04. The molecule has 15 heavy (non-hydrogen) atoms. The predicted molar refractivity (Wildman–Crippen MR) is 66.5 cm³/mol. The summed E-state index contributed by atoms with van der Waals surface area (Å²) in [5, 5.41) is 12.3. The molecule has 0 saturated heterocycles. The van der Waals surface area contributed by atoms with Gasteiger partial charge in [0.25, 0.3) is 0 Å². The zero-order chi connectivity index (χ0) is 11.1.